The van der Waals surface area contributed by atoms with Crippen LogP contribution in [0.5, 0.6) is 0 Å². The van der Waals surface area contributed by atoms with Gasteiger partial charge in [0.15, 0.2) is 0 Å². The minimum absolute atomic E-state index is 0.0970. The van der Waals surface area contributed by atoms with Crippen LogP contribution in [0, 0.1) is 0 Å². The van der Waals surface area contributed by atoms with Crippen LogP contribution >= 0.6 is 0 Å². The molecule has 5 heteroatoms. The molecule has 92 valence electrons. The Bertz CT molecular complexity index is 157. The first kappa shape index (κ1) is 14.7. The topological polar surface area (TPSA) is 15.3 Å². The Kier molecular flexibility index (Phi) is 6.92. The van der Waals surface area contributed by atoms with E-state index in [1.165, 1.54) is 0 Å². The van der Waals surface area contributed by atoms with Crippen LogP contribution in [-0.4, -0.2) is 43.3 Å². The minimum atomic E-state index is -4.04. The molecule has 0 saturated heterocycles. The molecule has 0 fully saturated rings. The largest absolute Gasteiger partial charge is 0.390 e. The number of nitrogens with zero attached hydrogens (tertiary/aromatic N) is 1. The first-order valence-corrected chi connectivity index (χ1v) is 5.37. The van der Waals surface area contributed by atoms with Crippen molar-refractivity contribution in [3.8, 4) is 0 Å². The molecule has 0 rings (SSSR count). The lowest BCUT2D eigenvalue weighted by molar-refractivity contribution is -0.137. The molecule has 0 radical (unpaired) electrons. The smallest absolute Gasteiger partial charge is 0.313 e. The van der Waals surface area contributed by atoms with Crippen molar-refractivity contribution in [1.82, 2.24) is 10.2 Å². The fraction of sp³-hybridized carbons (Fsp3) is 1.00. The van der Waals surface area contributed by atoms with Crippen molar-refractivity contribution in [2.75, 3.05) is 26.2 Å². The first-order valence-electron chi connectivity index (χ1n) is 5.37. The number of likely N-dealkylation sites (N-methyl/N-ethyl adjacent to an activating group) is 1. The summed E-state index contributed by atoms with van der Waals surface area (Å²) in [5.74, 6) is 0. The Morgan fingerprint density at radius 1 is 1.20 bits per heavy atom. The van der Waals surface area contributed by atoms with Gasteiger partial charge in [-0.2, -0.15) is 13.2 Å². The minimum Gasteiger partial charge on any atom is -0.313 e. The second-order valence-corrected chi connectivity index (χ2v) is 3.91. The Labute approximate surface area is 89.8 Å². The second kappa shape index (κ2) is 7.06. The predicted octanol–water partition coefficient (Wildman–Crippen LogP) is 2.26. The highest BCUT2D eigenvalue weighted by Gasteiger charge is 2.27. The summed E-state index contributed by atoms with van der Waals surface area (Å²) >= 11 is 0. The van der Waals surface area contributed by atoms with Crippen molar-refractivity contribution >= 4 is 0 Å². The number of nitrogens with one attached hydrogen (secondary N) is 1. The fourth-order valence-electron chi connectivity index (χ4n) is 1.22. The van der Waals surface area contributed by atoms with E-state index in [9.17, 15) is 13.2 Å². The summed E-state index contributed by atoms with van der Waals surface area (Å²) in [5, 5.41) is 3.18. The van der Waals surface area contributed by atoms with E-state index in [2.05, 4.69) is 5.32 Å². The summed E-state index contributed by atoms with van der Waals surface area (Å²) in [5.41, 5.74) is 0. The van der Waals surface area contributed by atoms with Gasteiger partial charge in [-0.15, -0.1) is 0 Å². The van der Waals surface area contributed by atoms with Gasteiger partial charge in [0, 0.05) is 25.7 Å². The molecule has 0 aromatic rings. The standard InChI is InChI=1S/C10H21F3N2/c1-4-15(7-5-10(11,12)13)8-6-14-9(2)3/h9,14H,4-8H2,1-3H3. The molecule has 0 spiro atoms. The third-order valence-electron chi connectivity index (χ3n) is 2.14. The molecule has 2 nitrogen and oxygen atoms in total. The quantitative estimate of drug-likeness (QED) is 0.716. The van der Waals surface area contributed by atoms with Crippen LogP contribution in [0.1, 0.15) is 27.2 Å². The third-order valence-corrected chi connectivity index (χ3v) is 2.14. The molecule has 0 aliphatic rings. The Morgan fingerprint density at radius 2 is 1.80 bits per heavy atom. The first-order chi connectivity index (χ1) is 6.85. The molecule has 0 saturated carbocycles. The fourth-order valence-corrected chi connectivity index (χ4v) is 1.22. The van der Waals surface area contributed by atoms with Gasteiger partial charge in [-0.25, -0.2) is 0 Å². The highest BCUT2D eigenvalue weighted by atomic mass is 19.4. The normalized spacial score (nSPS) is 12.8. The van der Waals surface area contributed by atoms with E-state index in [1.807, 2.05) is 25.7 Å². The lowest BCUT2D eigenvalue weighted by atomic mass is 10.3. The van der Waals surface area contributed by atoms with E-state index < -0.39 is 12.6 Å². The Balaban J connectivity index is 3.64. The monoisotopic (exact) mass is 226 g/mol. The molecule has 15 heavy (non-hydrogen) atoms. The van der Waals surface area contributed by atoms with Gasteiger partial charge in [0.2, 0.25) is 0 Å². The van der Waals surface area contributed by atoms with Gasteiger partial charge in [0.25, 0.3) is 0 Å². The number of halogens is 3. The number of alkyl halides is 3. The van der Waals surface area contributed by atoms with Gasteiger partial charge in [-0.05, 0) is 6.54 Å². The zero-order chi connectivity index (χ0) is 11.9. The predicted molar refractivity (Wildman–Crippen MR) is 55.9 cm³/mol. The Hall–Kier alpha value is -0.290. The van der Waals surface area contributed by atoms with E-state index in [0.717, 1.165) is 6.54 Å². The van der Waals surface area contributed by atoms with E-state index in [0.29, 0.717) is 19.1 Å². The van der Waals surface area contributed by atoms with Crippen molar-refractivity contribution in [3.05, 3.63) is 0 Å². The van der Waals surface area contributed by atoms with E-state index in [-0.39, 0.29) is 6.54 Å². The zero-order valence-corrected chi connectivity index (χ0v) is 9.69. The number of hydrogen-bond acceptors (Lipinski definition) is 2. The Morgan fingerprint density at radius 3 is 2.20 bits per heavy atom. The summed E-state index contributed by atoms with van der Waals surface area (Å²) in [6, 6.07) is 0.381. The molecule has 0 aliphatic heterocycles. The number of hydrogen-bond donors (Lipinski definition) is 1. The maximum atomic E-state index is 12.0. The maximum Gasteiger partial charge on any atom is 0.390 e. The summed E-state index contributed by atoms with van der Waals surface area (Å²) in [6.07, 6.45) is -4.76. The molecule has 0 aromatic heterocycles. The molecular weight excluding hydrogens is 205 g/mol. The van der Waals surface area contributed by atoms with Crippen LogP contribution in [0.15, 0.2) is 0 Å². The highest BCUT2D eigenvalue weighted by molar-refractivity contribution is 4.62. The highest BCUT2D eigenvalue weighted by Crippen LogP contribution is 2.19. The summed E-state index contributed by atoms with van der Waals surface area (Å²) < 4.78 is 35.9. The molecule has 0 heterocycles. The van der Waals surface area contributed by atoms with Gasteiger partial charge < -0.3 is 10.2 Å². The summed E-state index contributed by atoms with van der Waals surface area (Å²) in [4.78, 5) is 1.81. The van der Waals surface area contributed by atoms with Crippen molar-refractivity contribution < 1.29 is 13.2 Å². The summed E-state index contributed by atoms with van der Waals surface area (Å²) in [7, 11) is 0. The molecule has 0 amide bonds. The van der Waals surface area contributed by atoms with Crippen molar-refractivity contribution in [1.29, 1.82) is 0 Å². The second-order valence-electron chi connectivity index (χ2n) is 3.91. The van der Waals surface area contributed by atoms with E-state index >= 15 is 0 Å². The molecule has 1 N–H and O–H groups in total. The van der Waals surface area contributed by atoms with Gasteiger partial charge in [0.05, 0.1) is 6.42 Å². The van der Waals surface area contributed by atoms with Crippen LogP contribution in [0.25, 0.3) is 0 Å². The zero-order valence-electron chi connectivity index (χ0n) is 9.69. The van der Waals surface area contributed by atoms with Crippen molar-refractivity contribution in [3.63, 3.8) is 0 Å². The molecule has 0 aliphatic carbocycles. The molecule has 0 atom stereocenters. The molecule has 0 bridgehead atoms. The van der Waals surface area contributed by atoms with Crippen LogP contribution in [0.2, 0.25) is 0 Å². The lowest BCUT2D eigenvalue weighted by Crippen LogP contribution is -2.36. The molecular formula is C10H21F3N2. The van der Waals surface area contributed by atoms with Crippen LogP contribution < -0.4 is 5.32 Å². The summed E-state index contributed by atoms with van der Waals surface area (Å²) in [6.45, 7) is 8.09. The van der Waals surface area contributed by atoms with Crippen molar-refractivity contribution in [2.24, 2.45) is 0 Å². The molecule has 0 aromatic carbocycles. The van der Waals surface area contributed by atoms with Gasteiger partial charge in [0.1, 0.15) is 0 Å². The van der Waals surface area contributed by atoms with Gasteiger partial charge >= 0.3 is 6.18 Å². The lowest BCUT2D eigenvalue weighted by Gasteiger charge is -2.21. The maximum absolute atomic E-state index is 12.0. The third kappa shape index (κ3) is 10.0. The molecule has 0 unspecified atom stereocenters. The average Bonchev–Trinajstić information content (AvgIpc) is 2.08. The van der Waals surface area contributed by atoms with E-state index in [4.69, 9.17) is 0 Å². The van der Waals surface area contributed by atoms with Gasteiger partial charge in [-0.1, -0.05) is 20.8 Å². The SMILES string of the molecule is CCN(CCNC(C)C)CCC(F)(F)F. The van der Waals surface area contributed by atoms with Crippen molar-refractivity contribution in [2.45, 2.75) is 39.4 Å². The van der Waals surface area contributed by atoms with Gasteiger partial charge in [-0.3, -0.25) is 0 Å². The van der Waals surface area contributed by atoms with E-state index in [1.54, 1.807) is 0 Å². The van der Waals surface area contributed by atoms with Crippen LogP contribution in [0.3, 0.4) is 0 Å². The van der Waals surface area contributed by atoms with Crippen LogP contribution in [0.4, 0.5) is 13.2 Å². The average molecular weight is 226 g/mol. The van der Waals surface area contributed by atoms with Crippen LogP contribution in [-0.2, 0) is 0 Å². The number of rotatable bonds is 7.